The highest BCUT2D eigenvalue weighted by Crippen LogP contribution is 2.32. The van der Waals surface area contributed by atoms with Gasteiger partial charge in [0.25, 0.3) is 0 Å². The summed E-state index contributed by atoms with van der Waals surface area (Å²) in [5.74, 6) is 1.12. The van der Waals surface area contributed by atoms with Crippen molar-refractivity contribution in [3.8, 4) is 5.75 Å². The lowest BCUT2D eigenvalue weighted by molar-refractivity contribution is 0.407. The molecule has 0 saturated heterocycles. The Bertz CT molecular complexity index is 407. The van der Waals surface area contributed by atoms with Gasteiger partial charge in [0.1, 0.15) is 5.75 Å². The maximum Gasteiger partial charge on any atom is 0.122 e. The fourth-order valence-corrected chi connectivity index (χ4v) is 3.17. The van der Waals surface area contributed by atoms with Gasteiger partial charge in [0, 0.05) is 0 Å². The molecule has 0 radical (unpaired) electrons. The average Bonchev–Trinajstić information content (AvgIpc) is 2.45. The molecule has 1 aromatic rings. The summed E-state index contributed by atoms with van der Waals surface area (Å²) in [6.07, 6.45) is 9.56. The molecule has 0 amide bonds. The van der Waals surface area contributed by atoms with E-state index in [0.717, 1.165) is 12.2 Å². The third-order valence-corrected chi connectivity index (χ3v) is 3.96. The second kappa shape index (κ2) is 9.05. The molecule has 0 N–H and O–H groups in total. The van der Waals surface area contributed by atoms with Crippen LogP contribution in [-0.2, 0) is 25.7 Å². The van der Waals surface area contributed by atoms with E-state index in [1.165, 1.54) is 56.1 Å². The lowest BCUT2D eigenvalue weighted by Crippen LogP contribution is -2.07. The van der Waals surface area contributed by atoms with Crippen LogP contribution in [0.3, 0.4) is 0 Å². The smallest absolute Gasteiger partial charge is 0.122 e. The van der Waals surface area contributed by atoms with Crippen LogP contribution in [0.1, 0.15) is 75.6 Å². The van der Waals surface area contributed by atoms with Crippen LogP contribution < -0.4 is 4.74 Å². The van der Waals surface area contributed by atoms with Crippen LogP contribution in [0.2, 0.25) is 0 Å². The highest BCUT2D eigenvalue weighted by atomic mass is 16.5. The molecule has 114 valence electrons. The van der Waals surface area contributed by atoms with Crippen molar-refractivity contribution in [2.75, 3.05) is 7.11 Å². The highest BCUT2D eigenvalue weighted by Gasteiger charge is 2.16. The number of hydrogen-bond acceptors (Lipinski definition) is 1. The largest absolute Gasteiger partial charge is 0.496 e. The molecule has 0 bridgehead atoms. The van der Waals surface area contributed by atoms with Crippen LogP contribution >= 0.6 is 0 Å². The molecule has 1 aromatic carbocycles. The fourth-order valence-electron chi connectivity index (χ4n) is 3.17. The molecule has 0 aliphatic heterocycles. The summed E-state index contributed by atoms with van der Waals surface area (Å²) < 4.78 is 5.71. The summed E-state index contributed by atoms with van der Waals surface area (Å²) in [5.41, 5.74) is 6.22. The quantitative estimate of drug-likeness (QED) is 0.578. The van der Waals surface area contributed by atoms with Gasteiger partial charge in [-0.15, -0.1) is 0 Å². The molecule has 1 nitrogen and oxygen atoms in total. The lowest BCUT2D eigenvalue weighted by atomic mass is 9.86. The zero-order valence-electron chi connectivity index (χ0n) is 14.1. The average molecular weight is 276 g/mol. The number of benzene rings is 1. The minimum Gasteiger partial charge on any atom is -0.496 e. The summed E-state index contributed by atoms with van der Waals surface area (Å²) in [4.78, 5) is 0. The monoisotopic (exact) mass is 276 g/mol. The molecule has 0 unspecified atom stereocenters. The van der Waals surface area contributed by atoms with E-state index in [2.05, 4.69) is 33.8 Å². The Morgan fingerprint density at radius 2 is 1.20 bits per heavy atom. The van der Waals surface area contributed by atoms with Crippen LogP contribution in [0.5, 0.6) is 5.75 Å². The van der Waals surface area contributed by atoms with E-state index in [4.69, 9.17) is 4.74 Å². The van der Waals surface area contributed by atoms with Gasteiger partial charge in [0.05, 0.1) is 7.11 Å². The Morgan fingerprint density at radius 1 is 0.700 bits per heavy atom. The van der Waals surface area contributed by atoms with Crippen molar-refractivity contribution in [2.24, 2.45) is 0 Å². The van der Waals surface area contributed by atoms with E-state index in [-0.39, 0.29) is 0 Å². The van der Waals surface area contributed by atoms with Gasteiger partial charge >= 0.3 is 0 Å². The van der Waals surface area contributed by atoms with E-state index >= 15 is 0 Å². The number of ether oxygens (including phenoxy) is 1. The molecule has 1 heteroatoms. The topological polar surface area (TPSA) is 9.23 Å². The van der Waals surface area contributed by atoms with Crippen LogP contribution in [0.25, 0.3) is 0 Å². The molecule has 20 heavy (non-hydrogen) atoms. The van der Waals surface area contributed by atoms with Crippen molar-refractivity contribution in [3.05, 3.63) is 28.3 Å². The van der Waals surface area contributed by atoms with Gasteiger partial charge in [0.2, 0.25) is 0 Å². The summed E-state index contributed by atoms with van der Waals surface area (Å²) >= 11 is 0. The Balaban J connectivity index is 3.43. The third-order valence-electron chi connectivity index (χ3n) is 3.96. The van der Waals surface area contributed by atoms with Crippen LogP contribution in [0.15, 0.2) is 6.07 Å². The first kappa shape index (κ1) is 17.1. The van der Waals surface area contributed by atoms with Gasteiger partial charge < -0.3 is 4.74 Å². The van der Waals surface area contributed by atoms with Crippen molar-refractivity contribution >= 4 is 0 Å². The van der Waals surface area contributed by atoms with Gasteiger partial charge in [0.15, 0.2) is 0 Å². The zero-order chi connectivity index (χ0) is 15.0. The van der Waals surface area contributed by atoms with Gasteiger partial charge in [-0.2, -0.15) is 0 Å². The maximum atomic E-state index is 5.71. The van der Waals surface area contributed by atoms with Crippen molar-refractivity contribution < 1.29 is 4.74 Å². The molecular formula is C19H32O. The molecular weight excluding hydrogens is 244 g/mol. The SMILES string of the molecule is CCCc1cc(OC)c(CCC)c(CCC)c1CCC. The summed E-state index contributed by atoms with van der Waals surface area (Å²) in [7, 11) is 1.82. The Hall–Kier alpha value is -0.980. The van der Waals surface area contributed by atoms with E-state index < -0.39 is 0 Å². The first-order valence-corrected chi connectivity index (χ1v) is 8.43. The highest BCUT2D eigenvalue weighted by molar-refractivity contribution is 5.50. The van der Waals surface area contributed by atoms with Crippen molar-refractivity contribution in [3.63, 3.8) is 0 Å². The summed E-state index contributed by atoms with van der Waals surface area (Å²) in [5, 5.41) is 0. The standard InChI is InChI=1S/C19H32O/c1-6-10-15-14-19(20-5)18(13-9-4)17(12-8-3)16(15)11-7-2/h14H,6-13H2,1-5H3. The second-order valence-electron chi connectivity index (χ2n) is 5.67. The molecule has 0 aliphatic rings. The number of methoxy groups -OCH3 is 1. The Morgan fingerprint density at radius 3 is 1.70 bits per heavy atom. The summed E-state index contributed by atoms with van der Waals surface area (Å²) in [6.45, 7) is 9.09. The van der Waals surface area contributed by atoms with Gasteiger partial charge in [-0.1, -0.05) is 53.4 Å². The van der Waals surface area contributed by atoms with E-state index in [1.807, 2.05) is 7.11 Å². The first-order chi connectivity index (χ1) is 9.73. The van der Waals surface area contributed by atoms with Crippen LogP contribution in [-0.4, -0.2) is 7.11 Å². The van der Waals surface area contributed by atoms with Gasteiger partial charge in [-0.3, -0.25) is 0 Å². The molecule has 0 atom stereocenters. The Kier molecular flexibility index (Phi) is 7.72. The first-order valence-electron chi connectivity index (χ1n) is 8.43. The minimum absolute atomic E-state index is 1.12. The molecule has 0 heterocycles. The van der Waals surface area contributed by atoms with E-state index in [0.29, 0.717) is 0 Å². The summed E-state index contributed by atoms with van der Waals surface area (Å²) in [6, 6.07) is 2.32. The van der Waals surface area contributed by atoms with Crippen LogP contribution in [0, 0.1) is 0 Å². The second-order valence-corrected chi connectivity index (χ2v) is 5.67. The molecule has 1 rings (SSSR count). The van der Waals surface area contributed by atoms with Crippen molar-refractivity contribution in [1.29, 1.82) is 0 Å². The predicted octanol–water partition coefficient (Wildman–Crippen LogP) is 5.51. The predicted molar refractivity (Wildman–Crippen MR) is 89.0 cm³/mol. The molecule has 0 spiro atoms. The van der Waals surface area contributed by atoms with Gasteiger partial charge in [-0.05, 0) is 54.0 Å². The number of hydrogen-bond donors (Lipinski definition) is 0. The normalized spacial score (nSPS) is 10.8. The fraction of sp³-hybridized carbons (Fsp3) is 0.684. The zero-order valence-corrected chi connectivity index (χ0v) is 14.1. The van der Waals surface area contributed by atoms with E-state index in [1.54, 1.807) is 11.1 Å². The van der Waals surface area contributed by atoms with Crippen molar-refractivity contribution in [1.82, 2.24) is 0 Å². The molecule has 0 aromatic heterocycles. The van der Waals surface area contributed by atoms with Gasteiger partial charge in [-0.25, -0.2) is 0 Å². The Labute approximate surface area is 125 Å². The molecule has 0 saturated carbocycles. The van der Waals surface area contributed by atoms with Crippen LogP contribution in [0.4, 0.5) is 0 Å². The van der Waals surface area contributed by atoms with E-state index in [9.17, 15) is 0 Å². The maximum absolute atomic E-state index is 5.71. The number of aryl methyl sites for hydroxylation is 1. The number of rotatable bonds is 9. The lowest BCUT2D eigenvalue weighted by Gasteiger charge is -2.21. The third kappa shape index (κ3) is 4.01. The molecule has 0 aliphatic carbocycles. The molecule has 0 fully saturated rings. The van der Waals surface area contributed by atoms with Crippen molar-refractivity contribution in [2.45, 2.75) is 79.1 Å². The minimum atomic E-state index is 1.12.